The molecule has 1 atom stereocenters. The molecule has 3 amide bonds. The van der Waals surface area contributed by atoms with E-state index in [4.69, 9.17) is 10.5 Å². The number of amidine groups is 1. The number of hydrogen-bond donors (Lipinski definition) is 2. The van der Waals surface area contributed by atoms with E-state index in [1.54, 1.807) is 4.90 Å². The maximum Gasteiger partial charge on any atom is 0.334 e. The van der Waals surface area contributed by atoms with Crippen molar-refractivity contribution in [3.8, 4) is 5.88 Å². The molecular weight excluding hydrogens is 504 g/mol. The molecule has 0 bridgehead atoms. The lowest BCUT2D eigenvalue weighted by Gasteiger charge is -2.40. The Hall–Kier alpha value is -3.15. The molecule has 2 aliphatic carbocycles. The smallest absolute Gasteiger partial charge is 0.334 e. The predicted molar refractivity (Wildman–Crippen MR) is 144 cm³/mol. The van der Waals surface area contributed by atoms with Gasteiger partial charge in [-0.25, -0.2) is 9.59 Å². The van der Waals surface area contributed by atoms with E-state index in [-0.39, 0.29) is 47.1 Å². The summed E-state index contributed by atoms with van der Waals surface area (Å²) in [6, 6.07) is -0.619. The van der Waals surface area contributed by atoms with Gasteiger partial charge in [-0.3, -0.25) is 28.6 Å². The fraction of sp³-hybridized carbons (Fsp3) is 0.741. The lowest BCUT2D eigenvalue weighted by molar-refractivity contribution is -0.133. The van der Waals surface area contributed by atoms with Crippen molar-refractivity contribution < 1.29 is 19.4 Å². The molecule has 0 spiro atoms. The quantitative estimate of drug-likeness (QED) is 0.284. The second-order valence-electron chi connectivity index (χ2n) is 12.0. The van der Waals surface area contributed by atoms with Crippen LogP contribution in [-0.4, -0.2) is 81.2 Å². The average Bonchev–Trinajstić information content (AvgIpc) is 3.00. The Morgan fingerprint density at radius 1 is 1.03 bits per heavy atom. The Morgan fingerprint density at radius 2 is 1.69 bits per heavy atom. The molecule has 0 unspecified atom stereocenters. The molecule has 12 nitrogen and oxygen atoms in total. The number of amides is 3. The first-order valence-electron chi connectivity index (χ1n) is 14.0. The van der Waals surface area contributed by atoms with Gasteiger partial charge in [-0.05, 0) is 63.7 Å². The molecule has 1 aromatic heterocycles. The number of ether oxygens (including phenoxy) is 1. The minimum Gasteiger partial charge on any atom is -0.494 e. The van der Waals surface area contributed by atoms with E-state index in [1.165, 1.54) is 28.1 Å². The molecule has 4 fully saturated rings. The van der Waals surface area contributed by atoms with Gasteiger partial charge in [0.25, 0.3) is 11.5 Å². The van der Waals surface area contributed by atoms with Crippen LogP contribution >= 0.6 is 0 Å². The van der Waals surface area contributed by atoms with E-state index < -0.39 is 22.7 Å². The van der Waals surface area contributed by atoms with Crippen molar-refractivity contribution >= 4 is 17.8 Å². The number of carbonyl (C=O) groups excluding carboxylic acids is 2. The summed E-state index contributed by atoms with van der Waals surface area (Å²) in [4.78, 5) is 59.9. The van der Waals surface area contributed by atoms with Crippen LogP contribution in [0.25, 0.3) is 0 Å². The number of carbonyl (C=O) groups is 2. The van der Waals surface area contributed by atoms with Gasteiger partial charge in [-0.15, -0.1) is 0 Å². The number of nitrogens with zero attached hydrogens (tertiary/aromatic N) is 5. The Morgan fingerprint density at radius 3 is 2.23 bits per heavy atom. The lowest BCUT2D eigenvalue weighted by Crippen LogP contribution is -2.52. The van der Waals surface area contributed by atoms with Crippen LogP contribution < -0.4 is 17.0 Å². The Balaban J connectivity index is 1.36. The average molecular weight is 545 g/mol. The van der Waals surface area contributed by atoms with E-state index in [9.17, 15) is 24.3 Å². The van der Waals surface area contributed by atoms with Crippen molar-refractivity contribution in [3.05, 3.63) is 26.4 Å². The molecule has 12 heteroatoms. The van der Waals surface area contributed by atoms with Crippen LogP contribution in [0.3, 0.4) is 0 Å². The van der Waals surface area contributed by atoms with E-state index in [0.29, 0.717) is 58.4 Å². The molecule has 4 aliphatic rings. The molecule has 214 valence electrons. The van der Waals surface area contributed by atoms with Crippen molar-refractivity contribution in [2.24, 2.45) is 28.5 Å². The van der Waals surface area contributed by atoms with Crippen molar-refractivity contribution in [2.75, 3.05) is 33.9 Å². The van der Waals surface area contributed by atoms with Gasteiger partial charge >= 0.3 is 11.7 Å². The van der Waals surface area contributed by atoms with Gasteiger partial charge < -0.3 is 20.5 Å². The minimum atomic E-state index is -0.928. The topological polar surface area (TPSA) is 152 Å². The monoisotopic (exact) mass is 544 g/mol. The SMILES string of the molecule is CN=C(N)c1c(O)n(CC2CCC2)c(=O)n(C2CCC(C[C@@]3(C)C(=O)N(C)C(=O)N3CC3COC3)CC2)c1=O. The summed E-state index contributed by atoms with van der Waals surface area (Å²) in [6.07, 6.45) is 6.11. The predicted octanol–water partition coefficient (Wildman–Crippen LogP) is 1.27. The molecule has 2 aliphatic heterocycles. The summed E-state index contributed by atoms with van der Waals surface area (Å²) >= 11 is 0. The highest BCUT2D eigenvalue weighted by molar-refractivity contribution is 6.06. The third-order valence-electron chi connectivity index (χ3n) is 9.41. The first-order chi connectivity index (χ1) is 18.6. The summed E-state index contributed by atoms with van der Waals surface area (Å²) in [5.41, 5.74) is 3.82. The summed E-state index contributed by atoms with van der Waals surface area (Å²) in [5, 5.41) is 10.9. The number of likely N-dealkylation sites (N-methyl/N-ethyl adjacent to an activating group) is 1. The number of urea groups is 1. The lowest BCUT2D eigenvalue weighted by atomic mass is 9.77. The Bertz CT molecular complexity index is 1290. The van der Waals surface area contributed by atoms with Gasteiger partial charge in [0, 0.05) is 39.1 Å². The number of imide groups is 1. The standard InChI is InChI=1S/C27H40N6O6/c1-27(24(36)30(3)25(37)32(27)13-18-14-39-15-18)11-16-7-9-19(10-8-16)33-23(35)20(21(28)29-2)22(34)31(26(33)38)12-17-5-4-6-17/h16-19,34H,4-15H2,1-3H3,(H2,28,29)/t16?,19?,27-/m0/s1. The summed E-state index contributed by atoms with van der Waals surface area (Å²) in [7, 11) is 2.98. The summed E-state index contributed by atoms with van der Waals surface area (Å²) in [5.74, 6) is -0.0316. The van der Waals surface area contributed by atoms with Crippen molar-refractivity contribution in [3.63, 3.8) is 0 Å². The van der Waals surface area contributed by atoms with Gasteiger partial charge in [0.1, 0.15) is 16.9 Å². The molecule has 2 saturated carbocycles. The highest BCUT2D eigenvalue weighted by Gasteiger charge is 2.54. The molecule has 2 saturated heterocycles. The molecule has 0 aromatic carbocycles. The molecule has 5 rings (SSSR count). The first kappa shape index (κ1) is 27.4. The largest absolute Gasteiger partial charge is 0.494 e. The maximum absolute atomic E-state index is 13.5. The van der Waals surface area contributed by atoms with Crippen molar-refractivity contribution in [1.82, 2.24) is 18.9 Å². The van der Waals surface area contributed by atoms with E-state index in [1.807, 2.05) is 6.92 Å². The molecule has 39 heavy (non-hydrogen) atoms. The van der Waals surface area contributed by atoms with Crippen molar-refractivity contribution in [1.29, 1.82) is 0 Å². The zero-order chi connectivity index (χ0) is 28.1. The van der Waals surface area contributed by atoms with Crippen LogP contribution in [0.15, 0.2) is 14.6 Å². The molecule has 1 aromatic rings. The zero-order valence-electron chi connectivity index (χ0n) is 23.1. The third kappa shape index (κ3) is 4.66. The van der Waals surface area contributed by atoms with E-state index in [2.05, 4.69) is 4.99 Å². The number of nitrogens with two attached hydrogens (primary N) is 1. The van der Waals surface area contributed by atoms with Gasteiger partial charge in [0.15, 0.2) is 0 Å². The van der Waals surface area contributed by atoms with Crippen LogP contribution in [0.4, 0.5) is 4.79 Å². The highest BCUT2D eigenvalue weighted by atomic mass is 16.5. The number of aromatic hydroxyl groups is 1. The fourth-order valence-corrected chi connectivity index (χ4v) is 6.66. The second kappa shape index (κ2) is 10.4. The normalized spacial score (nSPS) is 28.6. The number of aliphatic imine (C=N–C) groups is 1. The minimum absolute atomic E-state index is 0.0966. The van der Waals surface area contributed by atoms with E-state index >= 15 is 0 Å². The number of hydrogen-bond acceptors (Lipinski definition) is 7. The van der Waals surface area contributed by atoms with Crippen LogP contribution in [0.2, 0.25) is 0 Å². The van der Waals surface area contributed by atoms with E-state index in [0.717, 1.165) is 19.3 Å². The van der Waals surface area contributed by atoms with Gasteiger partial charge in [0.05, 0.1) is 13.2 Å². The first-order valence-corrected chi connectivity index (χ1v) is 14.0. The van der Waals surface area contributed by atoms with Crippen LogP contribution in [-0.2, 0) is 16.1 Å². The molecule has 3 heterocycles. The Kier molecular flexibility index (Phi) is 7.34. The van der Waals surface area contributed by atoms with Crippen molar-refractivity contribution in [2.45, 2.75) is 76.4 Å². The van der Waals surface area contributed by atoms with Crippen LogP contribution in [0.5, 0.6) is 5.88 Å². The van der Waals surface area contributed by atoms with Crippen LogP contribution in [0.1, 0.15) is 69.9 Å². The molecule has 3 N–H and O–H groups in total. The summed E-state index contributed by atoms with van der Waals surface area (Å²) in [6.45, 7) is 3.88. The zero-order valence-corrected chi connectivity index (χ0v) is 23.1. The second-order valence-corrected chi connectivity index (χ2v) is 12.0. The number of rotatable bonds is 8. The van der Waals surface area contributed by atoms with Gasteiger partial charge in [-0.1, -0.05) is 6.42 Å². The van der Waals surface area contributed by atoms with Gasteiger partial charge in [-0.2, -0.15) is 0 Å². The fourth-order valence-electron chi connectivity index (χ4n) is 6.66. The van der Waals surface area contributed by atoms with Crippen LogP contribution in [0, 0.1) is 17.8 Å². The Labute approximate surface area is 227 Å². The molecular formula is C27H40N6O6. The third-order valence-corrected chi connectivity index (χ3v) is 9.41. The molecule has 0 radical (unpaired) electrons. The number of aromatic nitrogens is 2. The maximum atomic E-state index is 13.5. The van der Waals surface area contributed by atoms with Gasteiger partial charge in [0.2, 0.25) is 5.88 Å². The highest BCUT2D eigenvalue weighted by Crippen LogP contribution is 2.41. The summed E-state index contributed by atoms with van der Waals surface area (Å²) < 4.78 is 7.82.